The lowest BCUT2D eigenvalue weighted by atomic mass is 9.97. The fourth-order valence-corrected chi connectivity index (χ4v) is 6.73. The Labute approximate surface area is 331 Å². The van der Waals surface area contributed by atoms with E-state index in [-0.39, 0.29) is 50.0 Å². The van der Waals surface area contributed by atoms with Gasteiger partial charge >= 0.3 is 0 Å². The Kier molecular flexibility index (Phi) is 13.7. The SMILES string of the molecule is COc1cc(F)c(Cc2c(OC3O[C@H](COCc4ccccc4)[C@@H](OCc4ccccc4)[C@H](OCc4ccccc4)[C@H]3OCc3ccccc3)n[nH]c2C)c(F)c1. The van der Waals surface area contributed by atoms with Crippen LogP contribution in [0, 0.1) is 18.6 Å². The van der Waals surface area contributed by atoms with E-state index in [1.54, 1.807) is 6.92 Å². The van der Waals surface area contributed by atoms with Crippen LogP contribution in [0.25, 0.3) is 0 Å². The molecule has 7 rings (SSSR count). The molecule has 0 amide bonds. The van der Waals surface area contributed by atoms with Gasteiger partial charge in [-0.1, -0.05) is 121 Å². The Morgan fingerprint density at radius 1 is 0.614 bits per heavy atom. The van der Waals surface area contributed by atoms with Crippen LogP contribution in [0.15, 0.2) is 133 Å². The number of nitrogens with zero attached hydrogens (tertiary/aromatic N) is 1. The summed E-state index contributed by atoms with van der Waals surface area (Å²) in [5.74, 6) is -1.32. The number of aromatic nitrogens is 2. The van der Waals surface area contributed by atoms with Crippen molar-refractivity contribution in [2.45, 2.75) is 70.5 Å². The molecule has 1 saturated heterocycles. The second kappa shape index (κ2) is 19.6. The average Bonchev–Trinajstić information content (AvgIpc) is 3.59. The first-order valence-corrected chi connectivity index (χ1v) is 18.9. The third-order valence-electron chi connectivity index (χ3n) is 9.81. The molecule has 2 heterocycles. The zero-order valence-electron chi connectivity index (χ0n) is 31.9. The normalized spacial score (nSPS) is 19.3. The predicted octanol–water partition coefficient (Wildman–Crippen LogP) is 8.67. The highest BCUT2D eigenvalue weighted by Crippen LogP contribution is 2.34. The fraction of sp³-hybridized carbons (Fsp3) is 0.283. The maximum Gasteiger partial charge on any atom is 0.238 e. The smallest absolute Gasteiger partial charge is 0.238 e. The minimum atomic E-state index is -1.12. The number of rotatable bonds is 18. The molecule has 6 aromatic rings. The summed E-state index contributed by atoms with van der Waals surface area (Å²) >= 11 is 0. The highest BCUT2D eigenvalue weighted by molar-refractivity contribution is 5.39. The third kappa shape index (κ3) is 10.5. The van der Waals surface area contributed by atoms with Gasteiger partial charge in [0.25, 0.3) is 0 Å². The van der Waals surface area contributed by atoms with Crippen molar-refractivity contribution >= 4 is 0 Å². The van der Waals surface area contributed by atoms with Crippen LogP contribution in [0.3, 0.4) is 0 Å². The predicted molar refractivity (Wildman–Crippen MR) is 209 cm³/mol. The molecule has 1 fully saturated rings. The zero-order valence-corrected chi connectivity index (χ0v) is 31.9. The number of hydrogen-bond acceptors (Lipinski definition) is 8. The number of hydrogen-bond donors (Lipinski definition) is 1. The van der Waals surface area contributed by atoms with Crippen LogP contribution in [0.1, 0.15) is 39.1 Å². The van der Waals surface area contributed by atoms with Crippen molar-refractivity contribution < 1.29 is 41.9 Å². The molecule has 5 aromatic carbocycles. The Bertz CT molecular complexity index is 2100. The number of ether oxygens (including phenoxy) is 7. The molecule has 0 radical (unpaired) electrons. The molecule has 1 N–H and O–H groups in total. The van der Waals surface area contributed by atoms with Gasteiger partial charge in [0.2, 0.25) is 12.2 Å². The molecule has 1 aromatic heterocycles. The molecule has 296 valence electrons. The molecule has 0 aliphatic carbocycles. The Morgan fingerprint density at radius 2 is 1.09 bits per heavy atom. The average molecular weight is 777 g/mol. The lowest BCUT2D eigenvalue weighted by molar-refractivity contribution is -0.310. The number of aromatic amines is 1. The monoisotopic (exact) mass is 776 g/mol. The molecule has 9 nitrogen and oxygen atoms in total. The van der Waals surface area contributed by atoms with Gasteiger partial charge in [0.15, 0.2) is 0 Å². The fourth-order valence-electron chi connectivity index (χ4n) is 6.73. The molecule has 0 saturated carbocycles. The molecule has 57 heavy (non-hydrogen) atoms. The lowest BCUT2D eigenvalue weighted by Gasteiger charge is -2.45. The van der Waals surface area contributed by atoms with Crippen LogP contribution in [0.4, 0.5) is 8.78 Å². The molecule has 0 spiro atoms. The molecule has 5 atom stereocenters. The van der Waals surface area contributed by atoms with Gasteiger partial charge in [-0.15, -0.1) is 5.10 Å². The van der Waals surface area contributed by atoms with E-state index in [0.29, 0.717) is 17.9 Å². The molecule has 1 aliphatic rings. The van der Waals surface area contributed by atoms with Crippen molar-refractivity contribution in [1.29, 1.82) is 0 Å². The maximum absolute atomic E-state index is 15.3. The van der Waals surface area contributed by atoms with Gasteiger partial charge in [0.1, 0.15) is 41.8 Å². The van der Waals surface area contributed by atoms with Crippen LogP contribution >= 0.6 is 0 Å². The van der Waals surface area contributed by atoms with Crippen molar-refractivity contribution in [3.8, 4) is 11.6 Å². The van der Waals surface area contributed by atoms with Crippen LogP contribution in [-0.4, -0.2) is 54.6 Å². The Morgan fingerprint density at radius 3 is 1.60 bits per heavy atom. The Balaban J connectivity index is 1.24. The minimum Gasteiger partial charge on any atom is -0.497 e. The summed E-state index contributed by atoms with van der Waals surface area (Å²) in [4.78, 5) is 0. The first kappa shape index (κ1) is 39.8. The molecule has 11 heteroatoms. The number of benzene rings is 5. The van der Waals surface area contributed by atoms with E-state index < -0.39 is 42.3 Å². The summed E-state index contributed by atoms with van der Waals surface area (Å²) in [6, 6.07) is 41.6. The second-order valence-corrected chi connectivity index (χ2v) is 13.8. The molecule has 0 bridgehead atoms. The minimum absolute atomic E-state index is 0.0780. The van der Waals surface area contributed by atoms with E-state index >= 15 is 8.78 Å². The topological polar surface area (TPSA) is 93.3 Å². The summed E-state index contributed by atoms with van der Waals surface area (Å²) in [5, 5.41) is 7.37. The van der Waals surface area contributed by atoms with E-state index in [4.69, 9.17) is 33.2 Å². The molecule has 1 aliphatic heterocycles. The van der Waals surface area contributed by atoms with Crippen molar-refractivity contribution in [3.63, 3.8) is 0 Å². The highest BCUT2D eigenvalue weighted by atomic mass is 19.1. The van der Waals surface area contributed by atoms with Gasteiger partial charge in [-0.2, -0.15) is 0 Å². The maximum atomic E-state index is 15.3. The largest absolute Gasteiger partial charge is 0.497 e. The van der Waals surface area contributed by atoms with Crippen molar-refractivity contribution in [2.75, 3.05) is 13.7 Å². The quantitative estimate of drug-likeness (QED) is 0.0928. The number of halogens is 2. The third-order valence-corrected chi connectivity index (χ3v) is 9.81. The number of methoxy groups -OCH3 is 1. The van der Waals surface area contributed by atoms with Crippen LogP contribution < -0.4 is 9.47 Å². The van der Waals surface area contributed by atoms with E-state index in [2.05, 4.69) is 10.2 Å². The van der Waals surface area contributed by atoms with Crippen molar-refractivity contribution in [1.82, 2.24) is 10.2 Å². The van der Waals surface area contributed by atoms with Crippen molar-refractivity contribution in [2.24, 2.45) is 0 Å². The molecule has 1 unspecified atom stereocenters. The van der Waals surface area contributed by atoms with E-state index in [0.717, 1.165) is 34.4 Å². The van der Waals surface area contributed by atoms with Gasteiger partial charge in [0.05, 0.1) is 40.1 Å². The summed E-state index contributed by atoms with van der Waals surface area (Å²) < 4.78 is 75.6. The zero-order chi connectivity index (χ0) is 39.4. The van der Waals surface area contributed by atoms with E-state index in [1.807, 2.05) is 121 Å². The van der Waals surface area contributed by atoms with Crippen LogP contribution in [0.5, 0.6) is 11.6 Å². The van der Waals surface area contributed by atoms with Gasteiger partial charge in [-0.3, -0.25) is 5.10 Å². The summed E-state index contributed by atoms with van der Waals surface area (Å²) in [6.07, 6.45) is -4.29. The standard InChI is InChI=1S/C46H46F2N2O7/c1-31-37(25-38-39(47)23-36(51-2)24-40(38)48)45(50-49-31)57-46-44(55-29-35-21-13-6-14-22-35)43(54-28-34-19-11-5-12-20-34)42(53-27-33-17-9-4-10-18-33)41(56-46)30-52-26-32-15-7-3-8-16-32/h3-24,41-44,46H,25-30H2,1-2H3,(H,49,50)/t41-,42-,43+,44-,46?/m1/s1. The molecular weight excluding hydrogens is 731 g/mol. The second-order valence-electron chi connectivity index (χ2n) is 13.8. The van der Waals surface area contributed by atoms with E-state index in [9.17, 15) is 0 Å². The van der Waals surface area contributed by atoms with Crippen molar-refractivity contribution in [3.05, 3.63) is 184 Å². The summed E-state index contributed by atoms with van der Waals surface area (Å²) in [7, 11) is 1.36. The lowest BCUT2D eigenvalue weighted by Crippen LogP contribution is -2.62. The highest BCUT2D eigenvalue weighted by Gasteiger charge is 2.50. The Hall–Kier alpha value is -5.43. The summed E-state index contributed by atoms with van der Waals surface area (Å²) in [5.41, 5.74) is 4.71. The number of aryl methyl sites for hydroxylation is 1. The first-order chi connectivity index (χ1) is 27.9. The number of H-pyrrole nitrogens is 1. The molecular formula is C46H46F2N2O7. The van der Waals surface area contributed by atoms with Gasteiger partial charge in [-0.25, -0.2) is 8.78 Å². The van der Waals surface area contributed by atoms with Crippen LogP contribution in [0.2, 0.25) is 0 Å². The van der Waals surface area contributed by atoms with E-state index in [1.165, 1.54) is 7.11 Å². The van der Waals surface area contributed by atoms with Gasteiger partial charge in [0, 0.05) is 35.4 Å². The van der Waals surface area contributed by atoms with Gasteiger partial charge in [-0.05, 0) is 29.2 Å². The summed E-state index contributed by atoms with van der Waals surface area (Å²) in [6.45, 7) is 2.94. The number of nitrogens with one attached hydrogen (secondary N) is 1. The first-order valence-electron chi connectivity index (χ1n) is 18.9. The van der Waals surface area contributed by atoms with Gasteiger partial charge < -0.3 is 33.2 Å². The van der Waals surface area contributed by atoms with Crippen LogP contribution in [-0.2, 0) is 56.5 Å².